The molecule has 5 atom stereocenters. The van der Waals surface area contributed by atoms with Gasteiger partial charge in [-0.3, -0.25) is 29.6 Å². The lowest BCUT2D eigenvalue weighted by Crippen LogP contribution is -2.51. The number of unbranched alkanes of at least 4 members (excludes halogenated alkanes) is 13. The fourth-order valence-electron chi connectivity index (χ4n) is 7.14. The van der Waals surface area contributed by atoms with Crippen molar-refractivity contribution in [2.45, 2.75) is 166 Å². The molecule has 4 amide bonds. The number of para-hydroxylation sites is 1. The molecule has 1 fully saturated rings. The minimum absolute atomic E-state index is 0.0218. The van der Waals surface area contributed by atoms with Gasteiger partial charge in [-0.05, 0) is 63.5 Å². The van der Waals surface area contributed by atoms with Crippen LogP contribution in [-0.4, -0.2) is 106 Å². The number of amides is 4. The minimum Gasteiger partial charge on any atom is -0.507 e. The van der Waals surface area contributed by atoms with Crippen molar-refractivity contribution in [3.63, 3.8) is 0 Å². The van der Waals surface area contributed by atoms with E-state index in [2.05, 4.69) is 22.5 Å². The van der Waals surface area contributed by atoms with E-state index in [0.29, 0.717) is 60.6 Å². The number of nitrogens with one attached hydrogen (secondary N) is 2. The number of rotatable bonds is 28. The maximum atomic E-state index is 13.9. The summed E-state index contributed by atoms with van der Waals surface area (Å²) in [6, 6.07) is 3.37. The number of benzene rings is 1. The van der Waals surface area contributed by atoms with E-state index in [9.17, 15) is 39.5 Å². The number of phenols is 1. The molecular formula is C42H67N5O10. The van der Waals surface area contributed by atoms with E-state index in [-0.39, 0.29) is 44.2 Å². The molecule has 57 heavy (non-hydrogen) atoms. The average molecular weight is 802 g/mol. The topological polar surface area (TPSA) is 207 Å². The molecule has 0 bridgehead atoms. The quantitative estimate of drug-likeness (QED) is 0.0221. The normalized spacial score (nSPS) is 18.4. The van der Waals surface area contributed by atoms with Crippen LogP contribution >= 0.6 is 0 Å². The maximum Gasteiger partial charge on any atom is 0.328 e. The van der Waals surface area contributed by atoms with Crippen LogP contribution in [0.5, 0.6) is 5.75 Å². The fourth-order valence-corrected chi connectivity index (χ4v) is 7.14. The molecule has 2 aliphatic rings. The van der Waals surface area contributed by atoms with Gasteiger partial charge in [-0.1, -0.05) is 103 Å². The molecule has 15 nitrogen and oxygen atoms in total. The summed E-state index contributed by atoms with van der Waals surface area (Å²) in [5, 5.41) is 36.5. The summed E-state index contributed by atoms with van der Waals surface area (Å²) in [6.07, 6.45) is 17.3. The van der Waals surface area contributed by atoms with Crippen LogP contribution in [0.15, 0.2) is 29.3 Å². The summed E-state index contributed by atoms with van der Waals surface area (Å²) in [5.74, 6) is -3.23. The van der Waals surface area contributed by atoms with Crippen LogP contribution in [0.4, 0.5) is 0 Å². The summed E-state index contributed by atoms with van der Waals surface area (Å²) in [7, 11) is 0. The summed E-state index contributed by atoms with van der Waals surface area (Å²) in [6.45, 7) is 3.97. The van der Waals surface area contributed by atoms with Gasteiger partial charge in [-0.25, -0.2) is 19.9 Å². The molecule has 0 saturated carbocycles. The average Bonchev–Trinajstić information content (AvgIpc) is 3.65. The van der Waals surface area contributed by atoms with E-state index in [1.165, 1.54) is 57.4 Å². The Morgan fingerprint density at radius 1 is 0.965 bits per heavy atom. The van der Waals surface area contributed by atoms with Gasteiger partial charge in [-0.15, -0.1) is 0 Å². The predicted molar refractivity (Wildman–Crippen MR) is 213 cm³/mol. The number of aliphatic imine (C=N–C) groups is 1. The predicted octanol–water partition coefficient (Wildman–Crippen LogP) is 5.96. The van der Waals surface area contributed by atoms with Gasteiger partial charge < -0.3 is 25.2 Å². The molecular weight excluding hydrogens is 734 g/mol. The molecule has 0 aromatic heterocycles. The lowest BCUT2D eigenvalue weighted by atomic mass is 9.96. The Bertz CT molecular complexity index is 1430. The highest BCUT2D eigenvalue weighted by Crippen LogP contribution is 2.23. The van der Waals surface area contributed by atoms with Gasteiger partial charge in [0.25, 0.3) is 5.91 Å². The minimum atomic E-state index is -1.15. The lowest BCUT2D eigenvalue weighted by molar-refractivity contribution is -0.167. The summed E-state index contributed by atoms with van der Waals surface area (Å²) >= 11 is 0. The molecule has 0 unspecified atom stereocenters. The second-order valence-corrected chi connectivity index (χ2v) is 15.4. The highest BCUT2D eigenvalue weighted by atomic mass is 16.5. The molecule has 2 aliphatic heterocycles. The zero-order valence-electron chi connectivity index (χ0n) is 34.1. The van der Waals surface area contributed by atoms with Crippen LogP contribution in [-0.2, 0) is 33.4 Å². The lowest BCUT2D eigenvalue weighted by Gasteiger charge is -2.28. The number of esters is 1. The van der Waals surface area contributed by atoms with Gasteiger partial charge >= 0.3 is 5.97 Å². The third kappa shape index (κ3) is 17.0. The van der Waals surface area contributed by atoms with Gasteiger partial charge in [0.05, 0.1) is 11.5 Å². The van der Waals surface area contributed by atoms with Crippen LogP contribution in [0.3, 0.4) is 0 Å². The van der Waals surface area contributed by atoms with Crippen LogP contribution in [0.1, 0.15) is 148 Å². The van der Waals surface area contributed by atoms with Crippen LogP contribution < -0.4 is 10.6 Å². The second-order valence-electron chi connectivity index (χ2n) is 15.4. The molecule has 3 rings (SSSR count). The number of aromatic hydroxyl groups is 1. The van der Waals surface area contributed by atoms with E-state index in [1.807, 2.05) is 0 Å². The SMILES string of the molecule is CCCCCCCCCCCCCCC[C@H](OC(=O)[C@@H](CCCCN(O)C=O)NC(=O)[C@H]1COC(c2ccccc2O)=N1)[C@@H](C)C(=O)N[C@@H]1CCCCN(O)C1=O. The molecule has 5 N–H and O–H groups in total. The number of carbonyl (C=O) groups is 5. The zero-order valence-corrected chi connectivity index (χ0v) is 34.1. The van der Waals surface area contributed by atoms with Crippen molar-refractivity contribution >= 4 is 36.0 Å². The molecule has 1 aromatic carbocycles. The Kier molecular flexibility index (Phi) is 22.0. The molecule has 2 heterocycles. The number of hydroxylamine groups is 4. The van der Waals surface area contributed by atoms with Crippen LogP contribution in [0.2, 0.25) is 0 Å². The number of ether oxygens (including phenoxy) is 2. The smallest absolute Gasteiger partial charge is 0.328 e. The maximum absolute atomic E-state index is 13.9. The molecule has 1 aromatic rings. The molecule has 1 saturated heterocycles. The molecule has 0 radical (unpaired) electrons. The van der Waals surface area contributed by atoms with Gasteiger partial charge in [0, 0.05) is 13.1 Å². The summed E-state index contributed by atoms with van der Waals surface area (Å²) in [4.78, 5) is 68.9. The van der Waals surface area contributed by atoms with Crippen molar-refractivity contribution in [1.29, 1.82) is 0 Å². The van der Waals surface area contributed by atoms with E-state index in [1.54, 1.807) is 25.1 Å². The summed E-state index contributed by atoms with van der Waals surface area (Å²) < 4.78 is 11.7. The Morgan fingerprint density at radius 2 is 1.60 bits per heavy atom. The van der Waals surface area contributed by atoms with Crippen molar-refractivity contribution < 1.29 is 49.0 Å². The number of hydrogen-bond donors (Lipinski definition) is 5. The van der Waals surface area contributed by atoms with Gasteiger partial charge in [-0.2, -0.15) is 0 Å². The first kappa shape index (κ1) is 47.1. The van der Waals surface area contributed by atoms with Crippen LogP contribution in [0, 0.1) is 5.92 Å². The number of nitrogens with zero attached hydrogens (tertiary/aromatic N) is 3. The van der Waals surface area contributed by atoms with E-state index < -0.39 is 53.8 Å². The van der Waals surface area contributed by atoms with Gasteiger partial charge in [0.1, 0.15) is 30.5 Å². The second kappa shape index (κ2) is 26.6. The monoisotopic (exact) mass is 801 g/mol. The van der Waals surface area contributed by atoms with Crippen molar-refractivity contribution in [2.75, 3.05) is 19.7 Å². The van der Waals surface area contributed by atoms with E-state index in [4.69, 9.17) is 9.47 Å². The standard InChI is InChI=1S/C42H67N5O10/c1-3-4-5-6-7-8-9-10-11-12-13-14-15-26-37(31(2)38(50)43-33-23-19-21-28-47(55)41(33)52)57-42(53)34(24-18-20-27-46(54)30-48)44-39(51)35-29-56-40(45-35)32-22-16-17-25-36(32)49/h16-17,22,25,30-31,33-35,37,49,54-55H,3-15,18-21,23-24,26-29H2,1-2H3,(H,43,50)(H,44,51)/t31-,33-,34-,35-,37+/m1/s1. The number of hydrogen-bond acceptors (Lipinski definition) is 11. The summed E-state index contributed by atoms with van der Waals surface area (Å²) in [5.41, 5.74) is 0.327. The van der Waals surface area contributed by atoms with Gasteiger partial charge in [0.2, 0.25) is 24.1 Å². The first-order valence-corrected chi connectivity index (χ1v) is 21.3. The third-order valence-electron chi connectivity index (χ3n) is 10.8. The van der Waals surface area contributed by atoms with Crippen molar-refractivity contribution in [2.24, 2.45) is 10.9 Å². The first-order chi connectivity index (χ1) is 27.5. The molecule has 15 heteroatoms. The van der Waals surface area contributed by atoms with Crippen LogP contribution in [0.25, 0.3) is 0 Å². The molecule has 0 aliphatic carbocycles. The largest absolute Gasteiger partial charge is 0.507 e. The molecule has 0 spiro atoms. The van der Waals surface area contributed by atoms with Gasteiger partial charge in [0.15, 0.2) is 6.04 Å². The highest BCUT2D eigenvalue weighted by Gasteiger charge is 2.36. The molecule has 320 valence electrons. The Morgan fingerprint density at radius 3 is 2.25 bits per heavy atom. The van der Waals surface area contributed by atoms with E-state index in [0.717, 1.165) is 25.7 Å². The van der Waals surface area contributed by atoms with Crippen molar-refractivity contribution in [3.05, 3.63) is 29.8 Å². The van der Waals surface area contributed by atoms with Crippen molar-refractivity contribution in [1.82, 2.24) is 20.8 Å². The first-order valence-electron chi connectivity index (χ1n) is 21.3. The number of carbonyl (C=O) groups excluding carboxylic acids is 5. The van der Waals surface area contributed by atoms with Crippen molar-refractivity contribution in [3.8, 4) is 5.75 Å². The highest BCUT2D eigenvalue weighted by molar-refractivity contribution is 6.00. The van der Waals surface area contributed by atoms with E-state index >= 15 is 0 Å². The third-order valence-corrected chi connectivity index (χ3v) is 10.8. The Hall–Kier alpha value is -4.24. The fraction of sp³-hybridized carbons (Fsp3) is 0.714. The number of phenolic OH excluding ortho intramolecular Hbond substituents is 1. The Labute approximate surface area is 337 Å². The Balaban J connectivity index is 1.66. The zero-order chi connectivity index (χ0) is 41.4.